The average molecular weight is 371 g/mol. The number of rotatable bonds is 4. The highest BCUT2D eigenvalue weighted by molar-refractivity contribution is 14.1. The first kappa shape index (κ1) is 14.0. The summed E-state index contributed by atoms with van der Waals surface area (Å²) in [6.45, 7) is 4.23. The van der Waals surface area contributed by atoms with Crippen LogP contribution in [-0.2, 0) is 6.42 Å². The highest BCUT2D eigenvalue weighted by atomic mass is 127. The van der Waals surface area contributed by atoms with Gasteiger partial charge in [0, 0.05) is 16.5 Å². The zero-order chi connectivity index (χ0) is 13.8. The van der Waals surface area contributed by atoms with Crippen molar-refractivity contribution < 1.29 is 9.32 Å². The smallest absolute Gasteiger partial charge is 0.252 e. The van der Waals surface area contributed by atoms with Crippen molar-refractivity contribution in [1.29, 1.82) is 0 Å². The number of aryl methyl sites for hydroxylation is 2. The van der Waals surface area contributed by atoms with E-state index in [4.69, 9.17) is 4.52 Å². The average Bonchev–Trinajstić information content (AvgIpc) is 2.78. The van der Waals surface area contributed by atoms with E-state index in [9.17, 15) is 4.79 Å². The molecule has 1 amide bonds. The fraction of sp³-hybridized carbons (Fsp3) is 0.308. The maximum Gasteiger partial charge on any atom is 0.252 e. The van der Waals surface area contributed by atoms with Gasteiger partial charge in [-0.2, -0.15) is 4.98 Å². The Morgan fingerprint density at radius 1 is 1.42 bits per heavy atom. The number of benzene rings is 1. The molecule has 0 unspecified atom stereocenters. The van der Waals surface area contributed by atoms with Gasteiger partial charge in [0.05, 0.1) is 5.56 Å². The van der Waals surface area contributed by atoms with Gasteiger partial charge in [0.2, 0.25) is 5.89 Å². The van der Waals surface area contributed by atoms with Crippen LogP contribution >= 0.6 is 22.6 Å². The number of hydrogen-bond acceptors (Lipinski definition) is 4. The van der Waals surface area contributed by atoms with Crippen LogP contribution in [0.2, 0.25) is 0 Å². The second kappa shape index (κ2) is 6.14. The molecule has 5 nitrogen and oxygen atoms in total. The maximum absolute atomic E-state index is 12.0. The number of hydrogen-bond donors (Lipinski definition) is 1. The molecule has 6 heteroatoms. The Bertz CT molecular complexity index is 595. The number of nitrogens with one attached hydrogen (secondary N) is 1. The van der Waals surface area contributed by atoms with E-state index in [1.54, 1.807) is 6.92 Å². The third-order valence-electron chi connectivity index (χ3n) is 2.63. The van der Waals surface area contributed by atoms with Gasteiger partial charge in [0.1, 0.15) is 0 Å². The molecule has 2 rings (SSSR count). The Morgan fingerprint density at radius 3 is 2.89 bits per heavy atom. The van der Waals surface area contributed by atoms with Crippen molar-refractivity contribution in [2.24, 2.45) is 0 Å². The molecule has 1 N–H and O–H groups in total. The van der Waals surface area contributed by atoms with Crippen LogP contribution in [0.4, 0.5) is 0 Å². The van der Waals surface area contributed by atoms with E-state index in [0.29, 0.717) is 30.2 Å². The summed E-state index contributed by atoms with van der Waals surface area (Å²) in [5.41, 5.74) is 1.79. The van der Waals surface area contributed by atoms with Crippen molar-refractivity contribution >= 4 is 28.5 Å². The largest absolute Gasteiger partial charge is 0.351 e. The predicted octanol–water partition coefficient (Wildman–Crippen LogP) is 2.26. The van der Waals surface area contributed by atoms with Crippen LogP contribution in [-0.4, -0.2) is 22.6 Å². The first-order valence-corrected chi connectivity index (χ1v) is 6.98. The quantitative estimate of drug-likeness (QED) is 0.838. The third-order valence-corrected chi connectivity index (χ3v) is 4.06. The fourth-order valence-electron chi connectivity index (χ4n) is 1.64. The van der Waals surface area contributed by atoms with E-state index in [2.05, 4.69) is 38.0 Å². The lowest BCUT2D eigenvalue weighted by Crippen LogP contribution is -2.26. The van der Waals surface area contributed by atoms with Crippen LogP contribution in [0.15, 0.2) is 22.7 Å². The van der Waals surface area contributed by atoms with E-state index < -0.39 is 0 Å². The summed E-state index contributed by atoms with van der Waals surface area (Å²) in [5, 5.41) is 6.55. The van der Waals surface area contributed by atoms with Gasteiger partial charge in [-0.1, -0.05) is 17.3 Å². The van der Waals surface area contributed by atoms with Gasteiger partial charge in [-0.15, -0.1) is 0 Å². The lowest BCUT2D eigenvalue weighted by atomic mass is 10.1. The fourth-order valence-corrected chi connectivity index (χ4v) is 2.25. The molecular formula is C13H14IN3O2. The zero-order valence-electron chi connectivity index (χ0n) is 10.7. The lowest BCUT2D eigenvalue weighted by Gasteiger charge is -2.07. The minimum Gasteiger partial charge on any atom is -0.351 e. The van der Waals surface area contributed by atoms with Gasteiger partial charge < -0.3 is 9.84 Å². The standard InChI is InChI=1S/C13H14IN3O2/c1-8-4-3-5-10(12(8)14)13(18)15-7-6-11-16-9(2)17-19-11/h3-5H,6-7H2,1-2H3,(H,15,18). The summed E-state index contributed by atoms with van der Waals surface area (Å²) in [6, 6.07) is 5.69. The third kappa shape index (κ3) is 3.52. The Labute approximate surface area is 124 Å². The van der Waals surface area contributed by atoms with Gasteiger partial charge in [0.15, 0.2) is 5.82 Å². The van der Waals surface area contributed by atoms with Gasteiger partial charge in [-0.3, -0.25) is 4.79 Å². The van der Waals surface area contributed by atoms with Crippen molar-refractivity contribution in [2.45, 2.75) is 20.3 Å². The van der Waals surface area contributed by atoms with Crippen LogP contribution in [0.1, 0.15) is 27.6 Å². The number of nitrogens with zero attached hydrogens (tertiary/aromatic N) is 2. The molecular weight excluding hydrogens is 357 g/mol. The molecule has 1 heterocycles. The first-order chi connectivity index (χ1) is 9.08. The number of carbonyl (C=O) groups is 1. The highest BCUT2D eigenvalue weighted by Gasteiger charge is 2.11. The van der Waals surface area contributed by atoms with Crippen molar-refractivity contribution in [3.8, 4) is 0 Å². The van der Waals surface area contributed by atoms with E-state index in [1.165, 1.54) is 0 Å². The van der Waals surface area contributed by atoms with E-state index in [0.717, 1.165) is 9.13 Å². The predicted molar refractivity (Wildman–Crippen MR) is 79.0 cm³/mol. The summed E-state index contributed by atoms with van der Waals surface area (Å²) in [4.78, 5) is 16.1. The molecule has 2 aromatic rings. The molecule has 0 spiro atoms. The van der Waals surface area contributed by atoms with E-state index in [-0.39, 0.29) is 5.91 Å². The summed E-state index contributed by atoms with van der Waals surface area (Å²) >= 11 is 2.19. The Balaban J connectivity index is 1.93. The molecule has 0 atom stereocenters. The second-order valence-corrected chi connectivity index (χ2v) is 5.26. The lowest BCUT2D eigenvalue weighted by molar-refractivity contribution is 0.0952. The van der Waals surface area contributed by atoms with E-state index in [1.807, 2.05) is 25.1 Å². The van der Waals surface area contributed by atoms with E-state index >= 15 is 0 Å². The highest BCUT2D eigenvalue weighted by Crippen LogP contribution is 2.16. The molecule has 0 radical (unpaired) electrons. The number of aromatic nitrogens is 2. The molecule has 0 saturated heterocycles. The van der Waals surface area contributed by atoms with Crippen LogP contribution in [0.5, 0.6) is 0 Å². The van der Waals surface area contributed by atoms with Crippen molar-refractivity contribution in [3.63, 3.8) is 0 Å². The maximum atomic E-state index is 12.0. The molecule has 1 aromatic carbocycles. The van der Waals surface area contributed by atoms with Crippen LogP contribution in [0.3, 0.4) is 0 Å². The van der Waals surface area contributed by atoms with Gasteiger partial charge in [0.25, 0.3) is 5.91 Å². The number of carbonyl (C=O) groups excluding carboxylic acids is 1. The van der Waals surface area contributed by atoms with Gasteiger partial charge >= 0.3 is 0 Å². The normalized spacial score (nSPS) is 10.5. The Morgan fingerprint density at radius 2 is 2.21 bits per heavy atom. The summed E-state index contributed by atoms with van der Waals surface area (Å²) in [6.07, 6.45) is 0.537. The molecule has 19 heavy (non-hydrogen) atoms. The summed E-state index contributed by atoms with van der Waals surface area (Å²) in [5.74, 6) is 1.07. The Kier molecular flexibility index (Phi) is 4.52. The van der Waals surface area contributed by atoms with Crippen LogP contribution < -0.4 is 5.32 Å². The minimum absolute atomic E-state index is 0.0793. The second-order valence-electron chi connectivity index (χ2n) is 4.18. The molecule has 1 aromatic heterocycles. The van der Waals surface area contributed by atoms with Crippen LogP contribution in [0.25, 0.3) is 0 Å². The van der Waals surface area contributed by atoms with Crippen molar-refractivity contribution in [1.82, 2.24) is 15.5 Å². The SMILES string of the molecule is Cc1noc(CCNC(=O)c2cccc(C)c2I)n1. The van der Waals surface area contributed by atoms with Gasteiger partial charge in [-0.05, 0) is 48.1 Å². The summed E-state index contributed by atoms with van der Waals surface area (Å²) < 4.78 is 5.96. The molecule has 0 bridgehead atoms. The van der Waals surface area contributed by atoms with Gasteiger partial charge in [-0.25, -0.2) is 0 Å². The molecule has 0 saturated carbocycles. The molecule has 0 aliphatic heterocycles. The Hall–Kier alpha value is -1.44. The number of amides is 1. The molecule has 0 aliphatic carbocycles. The molecule has 0 fully saturated rings. The van der Waals surface area contributed by atoms with Crippen molar-refractivity contribution in [2.75, 3.05) is 6.54 Å². The number of halogens is 1. The monoisotopic (exact) mass is 371 g/mol. The van der Waals surface area contributed by atoms with Crippen molar-refractivity contribution in [3.05, 3.63) is 44.6 Å². The molecule has 0 aliphatic rings. The zero-order valence-corrected chi connectivity index (χ0v) is 12.9. The minimum atomic E-state index is -0.0793. The van der Waals surface area contributed by atoms with Crippen LogP contribution in [0, 0.1) is 17.4 Å². The molecule has 100 valence electrons. The summed E-state index contributed by atoms with van der Waals surface area (Å²) in [7, 11) is 0. The first-order valence-electron chi connectivity index (χ1n) is 5.90. The topological polar surface area (TPSA) is 68.0 Å².